The Balaban J connectivity index is 1.98. The highest BCUT2D eigenvalue weighted by atomic mass is 32.2. The van der Waals surface area contributed by atoms with E-state index in [1.165, 1.54) is 4.68 Å². The molecular weight excluding hydrogens is 324 g/mol. The summed E-state index contributed by atoms with van der Waals surface area (Å²) in [4.78, 5) is 25.1. The number of hydrogen-bond donors (Lipinski definition) is 1. The lowest BCUT2D eigenvalue weighted by Crippen LogP contribution is -2.29. The Morgan fingerprint density at radius 3 is 2.88 bits per heavy atom. The van der Waals surface area contributed by atoms with Crippen molar-refractivity contribution in [3.8, 4) is 0 Å². The van der Waals surface area contributed by atoms with Gasteiger partial charge < -0.3 is 0 Å². The smallest absolute Gasteiger partial charge is 0.267 e. The van der Waals surface area contributed by atoms with E-state index in [0.29, 0.717) is 17.3 Å². The van der Waals surface area contributed by atoms with Gasteiger partial charge in [0.2, 0.25) is 0 Å². The fraction of sp³-hybridized carbons (Fsp3) is 0.412. The van der Waals surface area contributed by atoms with Crippen LogP contribution < -0.4 is 11.0 Å². The maximum absolute atomic E-state index is 12.5. The van der Waals surface area contributed by atoms with Gasteiger partial charge in [-0.05, 0) is 24.7 Å². The number of nitrogens with zero attached hydrogens (tertiary/aromatic N) is 3. The zero-order valence-electron chi connectivity index (χ0n) is 13.6. The molecule has 3 rings (SSSR count). The molecule has 7 heteroatoms. The summed E-state index contributed by atoms with van der Waals surface area (Å²) >= 11 is 1.80. The van der Waals surface area contributed by atoms with Crippen LogP contribution >= 0.6 is 11.8 Å². The van der Waals surface area contributed by atoms with Crippen LogP contribution in [-0.4, -0.2) is 32.9 Å². The number of thioether (sulfide) groups is 1. The van der Waals surface area contributed by atoms with Crippen LogP contribution in [0.1, 0.15) is 36.7 Å². The van der Waals surface area contributed by atoms with Crippen LogP contribution in [0.3, 0.4) is 0 Å². The number of rotatable bonds is 5. The van der Waals surface area contributed by atoms with Crippen LogP contribution in [0.4, 0.5) is 0 Å². The predicted molar refractivity (Wildman–Crippen MR) is 97.8 cm³/mol. The van der Waals surface area contributed by atoms with Gasteiger partial charge in [0.1, 0.15) is 0 Å². The molecule has 0 atom stereocenters. The number of benzene rings is 1. The fourth-order valence-electron chi connectivity index (χ4n) is 2.59. The second kappa shape index (κ2) is 7.61. The number of carbonyl (C=O) groups is 1. The van der Waals surface area contributed by atoms with E-state index in [2.05, 4.69) is 22.5 Å². The number of aromatic nitrogens is 2. The Kier molecular flexibility index (Phi) is 5.30. The van der Waals surface area contributed by atoms with E-state index < -0.39 is 0 Å². The van der Waals surface area contributed by atoms with Gasteiger partial charge in [0.25, 0.3) is 11.5 Å². The second-order valence-corrected chi connectivity index (χ2v) is 6.80. The van der Waals surface area contributed by atoms with Crippen molar-refractivity contribution < 1.29 is 4.79 Å². The van der Waals surface area contributed by atoms with Crippen molar-refractivity contribution in [3.63, 3.8) is 0 Å². The van der Waals surface area contributed by atoms with Crippen LogP contribution in [0.5, 0.6) is 0 Å². The van der Waals surface area contributed by atoms with Crippen molar-refractivity contribution in [1.82, 2.24) is 15.2 Å². The highest BCUT2D eigenvalue weighted by Gasteiger charge is 2.17. The Morgan fingerprint density at radius 2 is 2.17 bits per heavy atom. The first-order valence-electron chi connectivity index (χ1n) is 8.14. The van der Waals surface area contributed by atoms with Crippen LogP contribution in [0.2, 0.25) is 0 Å². The average molecular weight is 344 g/mol. The molecule has 0 unspecified atom stereocenters. The fourth-order valence-corrected chi connectivity index (χ4v) is 3.55. The third kappa shape index (κ3) is 3.51. The lowest BCUT2D eigenvalue weighted by atomic mass is 10.1. The Labute approximate surface area is 144 Å². The standard InChI is InChI=1S/C17H20N4O2S/c1-2-3-9-21-17(23)14-7-5-4-6-13(14)15(20-21)16(22)19-18-12-8-10-24-11-12/h4-7H,2-3,8-11H2,1H3,(H,19,22)/b18-12+. The van der Waals surface area contributed by atoms with Gasteiger partial charge in [0.05, 0.1) is 5.39 Å². The van der Waals surface area contributed by atoms with Crippen LogP contribution in [0.25, 0.3) is 10.8 Å². The average Bonchev–Trinajstić information content (AvgIpc) is 3.13. The molecular formula is C17H20N4O2S. The normalized spacial score (nSPS) is 16.0. The Morgan fingerprint density at radius 1 is 1.38 bits per heavy atom. The molecule has 6 nitrogen and oxygen atoms in total. The number of hydrazone groups is 1. The topological polar surface area (TPSA) is 76.3 Å². The lowest BCUT2D eigenvalue weighted by Gasteiger charge is -2.10. The molecule has 1 aliphatic rings. The molecule has 1 amide bonds. The number of carbonyl (C=O) groups excluding carboxylic acids is 1. The van der Waals surface area contributed by atoms with E-state index in [-0.39, 0.29) is 17.2 Å². The minimum absolute atomic E-state index is 0.158. The summed E-state index contributed by atoms with van der Waals surface area (Å²) in [6, 6.07) is 7.08. The SMILES string of the molecule is CCCCn1nc(C(=O)N/N=C2\CCSC2)c2ccccc2c1=O. The maximum atomic E-state index is 12.5. The van der Waals surface area contributed by atoms with Crippen molar-refractivity contribution in [1.29, 1.82) is 0 Å². The van der Waals surface area contributed by atoms with Gasteiger partial charge in [0.15, 0.2) is 5.69 Å². The van der Waals surface area contributed by atoms with E-state index in [1.807, 2.05) is 0 Å². The Hall–Kier alpha value is -2.15. The van der Waals surface area contributed by atoms with Gasteiger partial charge >= 0.3 is 0 Å². The summed E-state index contributed by atoms with van der Waals surface area (Å²) < 4.78 is 1.39. The van der Waals surface area contributed by atoms with Crippen molar-refractivity contribution in [2.75, 3.05) is 11.5 Å². The number of unbranched alkanes of at least 4 members (excludes halogenated alkanes) is 1. The summed E-state index contributed by atoms with van der Waals surface area (Å²) in [6.45, 7) is 2.56. The van der Waals surface area contributed by atoms with E-state index in [1.54, 1.807) is 36.0 Å². The summed E-state index contributed by atoms with van der Waals surface area (Å²) in [6.07, 6.45) is 2.69. The van der Waals surface area contributed by atoms with Crippen molar-refractivity contribution in [2.45, 2.75) is 32.7 Å². The monoisotopic (exact) mass is 344 g/mol. The molecule has 1 aromatic heterocycles. The molecule has 1 aromatic carbocycles. The first-order valence-corrected chi connectivity index (χ1v) is 9.29. The molecule has 0 bridgehead atoms. The number of aryl methyl sites for hydroxylation is 1. The molecule has 1 fully saturated rings. The molecule has 1 N–H and O–H groups in total. The first-order chi connectivity index (χ1) is 11.7. The predicted octanol–water partition coefficient (Wildman–Crippen LogP) is 2.42. The van der Waals surface area contributed by atoms with Gasteiger partial charge in [0, 0.05) is 23.4 Å². The molecule has 1 saturated heterocycles. The minimum atomic E-state index is -0.374. The molecule has 2 aromatic rings. The molecule has 2 heterocycles. The number of nitrogens with one attached hydrogen (secondary N) is 1. The molecule has 126 valence electrons. The third-order valence-electron chi connectivity index (χ3n) is 3.93. The number of fused-ring (bicyclic) bond motifs is 1. The van der Waals surface area contributed by atoms with Crippen molar-refractivity contribution >= 4 is 34.2 Å². The molecule has 0 aliphatic carbocycles. The van der Waals surface area contributed by atoms with Gasteiger partial charge in [-0.3, -0.25) is 9.59 Å². The summed E-state index contributed by atoms with van der Waals surface area (Å²) in [5.74, 6) is 1.52. The van der Waals surface area contributed by atoms with Crippen LogP contribution in [-0.2, 0) is 6.54 Å². The van der Waals surface area contributed by atoms with E-state index >= 15 is 0 Å². The molecule has 24 heavy (non-hydrogen) atoms. The number of amides is 1. The van der Waals surface area contributed by atoms with Gasteiger partial charge in [-0.1, -0.05) is 31.5 Å². The molecule has 0 saturated carbocycles. The van der Waals surface area contributed by atoms with E-state index in [4.69, 9.17) is 0 Å². The van der Waals surface area contributed by atoms with E-state index in [0.717, 1.165) is 36.5 Å². The molecule has 0 spiro atoms. The first kappa shape index (κ1) is 16.7. The molecule has 0 radical (unpaired) electrons. The second-order valence-electron chi connectivity index (χ2n) is 5.70. The highest BCUT2D eigenvalue weighted by Crippen LogP contribution is 2.15. The van der Waals surface area contributed by atoms with Crippen molar-refractivity contribution in [3.05, 3.63) is 40.3 Å². The van der Waals surface area contributed by atoms with Gasteiger partial charge in [-0.25, -0.2) is 10.1 Å². The lowest BCUT2D eigenvalue weighted by molar-refractivity contribution is 0.0949. The highest BCUT2D eigenvalue weighted by molar-refractivity contribution is 8.00. The summed E-state index contributed by atoms with van der Waals surface area (Å²) in [5.41, 5.74) is 3.67. The zero-order valence-corrected chi connectivity index (χ0v) is 14.4. The third-order valence-corrected chi connectivity index (χ3v) is 4.96. The number of hydrogen-bond acceptors (Lipinski definition) is 5. The summed E-state index contributed by atoms with van der Waals surface area (Å²) in [7, 11) is 0. The van der Waals surface area contributed by atoms with Crippen LogP contribution in [0.15, 0.2) is 34.2 Å². The maximum Gasteiger partial charge on any atom is 0.292 e. The van der Waals surface area contributed by atoms with Crippen LogP contribution in [0, 0.1) is 0 Å². The van der Waals surface area contributed by atoms with E-state index in [9.17, 15) is 9.59 Å². The minimum Gasteiger partial charge on any atom is -0.267 e. The Bertz CT molecular complexity index is 836. The zero-order chi connectivity index (χ0) is 16.9. The van der Waals surface area contributed by atoms with Crippen molar-refractivity contribution in [2.24, 2.45) is 5.10 Å². The largest absolute Gasteiger partial charge is 0.292 e. The molecule has 1 aliphatic heterocycles. The van der Waals surface area contributed by atoms with Gasteiger partial charge in [-0.15, -0.1) is 0 Å². The quantitative estimate of drug-likeness (QED) is 0.845. The summed E-state index contributed by atoms with van der Waals surface area (Å²) in [5, 5.41) is 9.57. The van der Waals surface area contributed by atoms with Gasteiger partial charge in [-0.2, -0.15) is 22.0 Å².